The van der Waals surface area contributed by atoms with Crippen LogP contribution in [0.1, 0.15) is 17.5 Å². The standard InChI is InChI=1S/C14H17N3/c1-2-9-17-13(15)16-10-14(17)8-7-11-5-3-4-6-12(11)14/h2-6H,1,7-10H2,(H2,15,16). The molecule has 0 amide bonds. The van der Waals surface area contributed by atoms with Crippen molar-refractivity contribution in [3.05, 3.63) is 48.0 Å². The molecule has 2 aliphatic rings. The van der Waals surface area contributed by atoms with E-state index in [1.54, 1.807) is 0 Å². The van der Waals surface area contributed by atoms with Crippen LogP contribution in [0, 0.1) is 0 Å². The third-order valence-electron chi connectivity index (χ3n) is 3.93. The molecule has 1 aliphatic heterocycles. The van der Waals surface area contributed by atoms with Crippen molar-refractivity contribution in [2.75, 3.05) is 13.1 Å². The number of nitrogens with two attached hydrogens (primary N) is 1. The van der Waals surface area contributed by atoms with Crippen molar-refractivity contribution in [2.24, 2.45) is 10.7 Å². The second-order valence-corrected chi connectivity index (χ2v) is 4.76. The molecular weight excluding hydrogens is 210 g/mol. The Hall–Kier alpha value is -1.77. The monoisotopic (exact) mass is 227 g/mol. The summed E-state index contributed by atoms with van der Waals surface area (Å²) in [7, 11) is 0. The molecule has 1 atom stereocenters. The second kappa shape index (κ2) is 3.62. The summed E-state index contributed by atoms with van der Waals surface area (Å²) in [6.07, 6.45) is 4.12. The maximum Gasteiger partial charge on any atom is 0.192 e. The lowest BCUT2D eigenvalue weighted by Gasteiger charge is -2.36. The summed E-state index contributed by atoms with van der Waals surface area (Å²) in [4.78, 5) is 6.64. The number of aliphatic imine (C=N–C) groups is 1. The first-order valence-corrected chi connectivity index (χ1v) is 6.05. The van der Waals surface area contributed by atoms with Gasteiger partial charge in [-0.15, -0.1) is 6.58 Å². The van der Waals surface area contributed by atoms with Crippen LogP contribution in [0.25, 0.3) is 0 Å². The molecule has 1 unspecified atom stereocenters. The summed E-state index contributed by atoms with van der Waals surface area (Å²) in [5.74, 6) is 0.654. The Morgan fingerprint density at radius 3 is 3.12 bits per heavy atom. The van der Waals surface area contributed by atoms with E-state index in [0.29, 0.717) is 5.96 Å². The molecule has 0 saturated heterocycles. The van der Waals surface area contributed by atoms with Crippen LogP contribution in [0.2, 0.25) is 0 Å². The van der Waals surface area contributed by atoms with Crippen LogP contribution < -0.4 is 5.73 Å². The lowest BCUT2D eigenvalue weighted by molar-refractivity contribution is 0.219. The molecule has 0 radical (unpaired) electrons. The van der Waals surface area contributed by atoms with Crippen molar-refractivity contribution >= 4 is 5.96 Å². The maximum absolute atomic E-state index is 6.00. The van der Waals surface area contributed by atoms with Crippen LogP contribution in [-0.2, 0) is 12.0 Å². The molecule has 3 nitrogen and oxygen atoms in total. The predicted molar refractivity (Wildman–Crippen MR) is 69.8 cm³/mol. The van der Waals surface area contributed by atoms with Crippen LogP contribution in [-0.4, -0.2) is 23.9 Å². The molecule has 1 aromatic rings. The quantitative estimate of drug-likeness (QED) is 0.780. The number of nitrogens with zero attached hydrogens (tertiary/aromatic N) is 2. The molecule has 3 rings (SSSR count). The zero-order valence-corrected chi connectivity index (χ0v) is 9.89. The number of hydrogen-bond acceptors (Lipinski definition) is 3. The fraction of sp³-hybridized carbons (Fsp3) is 0.357. The maximum atomic E-state index is 6.00. The van der Waals surface area contributed by atoms with Crippen LogP contribution in [0.4, 0.5) is 0 Å². The van der Waals surface area contributed by atoms with E-state index in [0.717, 1.165) is 25.9 Å². The summed E-state index contributed by atoms with van der Waals surface area (Å²) in [6, 6.07) is 8.64. The third-order valence-corrected chi connectivity index (χ3v) is 3.93. The molecule has 1 aliphatic carbocycles. The highest BCUT2D eigenvalue weighted by Crippen LogP contribution is 2.44. The van der Waals surface area contributed by atoms with Crippen molar-refractivity contribution in [3.63, 3.8) is 0 Å². The van der Waals surface area contributed by atoms with Gasteiger partial charge in [-0.05, 0) is 24.0 Å². The molecule has 0 bridgehead atoms. The summed E-state index contributed by atoms with van der Waals surface area (Å²) < 4.78 is 0. The molecule has 88 valence electrons. The Labute approximate surface area is 102 Å². The number of benzene rings is 1. The van der Waals surface area contributed by atoms with Gasteiger partial charge in [0.25, 0.3) is 0 Å². The zero-order chi connectivity index (χ0) is 11.9. The van der Waals surface area contributed by atoms with E-state index in [4.69, 9.17) is 5.73 Å². The molecule has 17 heavy (non-hydrogen) atoms. The molecule has 3 heteroatoms. The average Bonchev–Trinajstić information content (AvgIpc) is 2.87. The van der Waals surface area contributed by atoms with Crippen LogP contribution in [0.15, 0.2) is 41.9 Å². The van der Waals surface area contributed by atoms with E-state index in [-0.39, 0.29) is 5.54 Å². The van der Waals surface area contributed by atoms with E-state index in [1.807, 2.05) is 6.08 Å². The highest BCUT2D eigenvalue weighted by molar-refractivity contribution is 5.82. The Bertz CT molecular complexity index is 492. The molecule has 1 heterocycles. The molecule has 1 spiro atoms. The topological polar surface area (TPSA) is 41.6 Å². The number of rotatable bonds is 2. The minimum atomic E-state index is -0.00509. The van der Waals surface area contributed by atoms with E-state index in [9.17, 15) is 0 Å². The van der Waals surface area contributed by atoms with Gasteiger partial charge in [-0.2, -0.15) is 0 Å². The fourth-order valence-electron chi connectivity index (χ4n) is 3.11. The van der Waals surface area contributed by atoms with Gasteiger partial charge in [-0.25, -0.2) is 0 Å². The van der Waals surface area contributed by atoms with Crippen LogP contribution >= 0.6 is 0 Å². The van der Waals surface area contributed by atoms with E-state index >= 15 is 0 Å². The van der Waals surface area contributed by atoms with Gasteiger partial charge in [-0.1, -0.05) is 30.3 Å². The second-order valence-electron chi connectivity index (χ2n) is 4.76. The van der Waals surface area contributed by atoms with Crippen LogP contribution in [0.5, 0.6) is 0 Å². The van der Waals surface area contributed by atoms with Crippen LogP contribution in [0.3, 0.4) is 0 Å². The average molecular weight is 227 g/mol. The molecule has 2 N–H and O–H groups in total. The normalized spacial score (nSPS) is 26.1. The van der Waals surface area contributed by atoms with Gasteiger partial charge in [0.15, 0.2) is 5.96 Å². The van der Waals surface area contributed by atoms with Crippen molar-refractivity contribution < 1.29 is 0 Å². The van der Waals surface area contributed by atoms with Crippen molar-refractivity contribution in [1.29, 1.82) is 0 Å². The molecule has 0 fully saturated rings. The fourth-order valence-corrected chi connectivity index (χ4v) is 3.11. The number of guanidine groups is 1. The molecule has 0 saturated carbocycles. The summed E-state index contributed by atoms with van der Waals surface area (Å²) in [6.45, 7) is 5.37. The van der Waals surface area contributed by atoms with Crippen molar-refractivity contribution in [3.8, 4) is 0 Å². The smallest absolute Gasteiger partial charge is 0.192 e. The Morgan fingerprint density at radius 1 is 1.47 bits per heavy atom. The zero-order valence-electron chi connectivity index (χ0n) is 9.89. The van der Waals surface area contributed by atoms with Gasteiger partial charge in [0.1, 0.15) is 0 Å². The van der Waals surface area contributed by atoms with Gasteiger partial charge in [0, 0.05) is 6.54 Å². The Morgan fingerprint density at radius 2 is 2.29 bits per heavy atom. The minimum absolute atomic E-state index is 0.00509. The van der Waals surface area contributed by atoms with E-state index < -0.39 is 0 Å². The van der Waals surface area contributed by atoms with Crippen molar-refractivity contribution in [1.82, 2.24) is 4.90 Å². The van der Waals surface area contributed by atoms with E-state index in [2.05, 4.69) is 40.7 Å². The number of aryl methyl sites for hydroxylation is 1. The molecular formula is C14H17N3. The highest BCUT2D eigenvalue weighted by Gasteiger charge is 2.47. The molecule has 1 aromatic carbocycles. The van der Waals surface area contributed by atoms with Gasteiger partial charge < -0.3 is 10.6 Å². The predicted octanol–water partition coefficient (Wildman–Crippen LogP) is 1.64. The number of fused-ring (bicyclic) bond motifs is 2. The van der Waals surface area contributed by atoms with Gasteiger partial charge >= 0.3 is 0 Å². The summed E-state index contributed by atoms with van der Waals surface area (Å²) in [5.41, 5.74) is 8.83. The lowest BCUT2D eigenvalue weighted by atomic mass is 9.91. The van der Waals surface area contributed by atoms with Crippen molar-refractivity contribution in [2.45, 2.75) is 18.4 Å². The lowest BCUT2D eigenvalue weighted by Crippen LogP contribution is -2.48. The number of hydrogen-bond donors (Lipinski definition) is 1. The Kier molecular flexibility index (Phi) is 2.21. The largest absolute Gasteiger partial charge is 0.370 e. The van der Waals surface area contributed by atoms with Gasteiger partial charge in [-0.3, -0.25) is 4.99 Å². The highest BCUT2D eigenvalue weighted by atomic mass is 15.4. The SMILES string of the molecule is C=CCN1C(N)=NCC12CCc1ccccc12. The van der Waals surface area contributed by atoms with E-state index in [1.165, 1.54) is 11.1 Å². The third kappa shape index (κ3) is 1.32. The Balaban J connectivity index is 2.06. The van der Waals surface area contributed by atoms with Gasteiger partial charge in [0.2, 0.25) is 0 Å². The summed E-state index contributed by atoms with van der Waals surface area (Å²) in [5, 5.41) is 0. The minimum Gasteiger partial charge on any atom is -0.370 e. The summed E-state index contributed by atoms with van der Waals surface area (Å²) >= 11 is 0. The first kappa shape index (κ1) is 10.4. The first-order valence-electron chi connectivity index (χ1n) is 6.05. The first-order chi connectivity index (χ1) is 8.28. The van der Waals surface area contributed by atoms with Gasteiger partial charge in [0.05, 0.1) is 12.1 Å². The molecule has 0 aromatic heterocycles.